The van der Waals surface area contributed by atoms with Gasteiger partial charge >= 0.3 is 0 Å². The largest absolute Gasteiger partial charge is 0.314 e. The van der Waals surface area contributed by atoms with Gasteiger partial charge in [-0.2, -0.15) is 0 Å². The predicted molar refractivity (Wildman–Crippen MR) is 79.2 cm³/mol. The summed E-state index contributed by atoms with van der Waals surface area (Å²) in [5.41, 5.74) is 1.17. The molecule has 1 aromatic heterocycles. The molecule has 0 saturated heterocycles. The molecule has 1 aliphatic rings. The highest BCUT2D eigenvalue weighted by molar-refractivity contribution is 7.09. The average Bonchev–Trinajstić information content (AvgIpc) is 2.98. The number of hydrogen-bond acceptors (Lipinski definition) is 3. The Morgan fingerprint density at radius 1 is 1.44 bits per heavy atom. The van der Waals surface area contributed by atoms with Crippen LogP contribution in [0.1, 0.15) is 56.2 Å². The monoisotopic (exact) mass is 266 g/mol. The Labute approximate surface area is 115 Å². The Kier molecular flexibility index (Phi) is 5.64. The lowest BCUT2D eigenvalue weighted by atomic mass is 9.97. The van der Waals surface area contributed by atoms with Gasteiger partial charge < -0.3 is 5.32 Å². The van der Waals surface area contributed by atoms with Crippen molar-refractivity contribution in [3.8, 4) is 0 Å². The van der Waals surface area contributed by atoms with E-state index < -0.39 is 0 Å². The van der Waals surface area contributed by atoms with Crippen LogP contribution < -0.4 is 5.32 Å². The number of thiazole rings is 1. The van der Waals surface area contributed by atoms with Crippen LogP contribution in [0.15, 0.2) is 5.38 Å². The first kappa shape index (κ1) is 14.0. The molecule has 1 aliphatic carbocycles. The molecule has 1 atom stereocenters. The molecule has 1 aromatic rings. The van der Waals surface area contributed by atoms with Crippen molar-refractivity contribution in [2.75, 3.05) is 6.54 Å². The highest BCUT2D eigenvalue weighted by atomic mass is 32.1. The van der Waals surface area contributed by atoms with E-state index >= 15 is 0 Å². The second-order valence-electron chi connectivity index (χ2n) is 5.57. The molecule has 0 bridgehead atoms. The van der Waals surface area contributed by atoms with E-state index in [0.717, 1.165) is 18.9 Å². The first-order valence-corrected chi connectivity index (χ1v) is 8.30. The summed E-state index contributed by atoms with van der Waals surface area (Å²) in [7, 11) is 0. The van der Waals surface area contributed by atoms with Crippen molar-refractivity contribution in [2.45, 2.75) is 64.8 Å². The number of aryl methyl sites for hydroxylation is 1. The lowest BCUT2D eigenvalue weighted by molar-refractivity contribution is 0.407. The highest BCUT2D eigenvalue weighted by Gasteiger charge is 2.18. The number of aromatic nitrogens is 1. The van der Waals surface area contributed by atoms with E-state index in [-0.39, 0.29) is 0 Å². The minimum Gasteiger partial charge on any atom is -0.314 e. The first-order valence-electron chi connectivity index (χ1n) is 7.42. The van der Waals surface area contributed by atoms with Gasteiger partial charge in [-0.3, -0.25) is 0 Å². The lowest BCUT2D eigenvalue weighted by Gasteiger charge is -2.18. The van der Waals surface area contributed by atoms with E-state index in [1.807, 2.05) is 11.3 Å². The van der Waals surface area contributed by atoms with Crippen LogP contribution in [0.4, 0.5) is 0 Å². The zero-order chi connectivity index (χ0) is 12.8. The van der Waals surface area contributed by atoms with Crippen LogP contribution in [0, 0.1) is 12.8 Å². The number of nitrogens with one attached hydrogen (secondary N) is 1. The quantitative estimate of drug-likeness (QED) is 0.808. The molecular formula is C15H26N2S. The van der Waals surface area contributed by atoms with E-state index in [1.165, 1.54) is 49.2 Å². The number of rotatable bonds is 7. The van der Waals surface area contributed by atoms with Crippen LogP contribution in [-0.2, 0) is 6.42 Å². The molecule has 0 spiro atoms. The normalized spacial score (nSPS) is 18.3. The highest BCUT2D eigenvalue weighted by Crippen LogP contribution is 2.29. The van der Waals surface area contributed by atoms with Gasteiger partial charge in [0.05, 0.1) is 5.01 Å². The summed E-state index contributed by atoms with van der Waals surface area (Å²) in [6.07, 6.45) is 9.69. The molecule has 0 aromatic carbocycles. The third-order valence-corrected chi connectivity index (χ3v) is 4.97. The summed E-state index contributed by atoms with van der Waals surface area (Å²) in [5.74, 6) is 1.00. The van der Waals surface area contributed by atoms with E-state index in [0.29, 0.717) is 6.04 Å². The summed E-state index contributed by atoms with van der Waals surface area (Å²) >= 11 is 1.81. The van der Waals surface area contributed by atoms with Gasteiger partial charge in [0.15, 0.2) is 0 Å². The molecule has 0 amide bonds. The minimum absolute atomic E-state index is 0.626. The van der Waals surface area contributed by atoms with Crippen molar-refractivity contribution >= 4 is 11.3 Å². The van der Waals surface area contributed by atoms with Crippen molar-refractivity contribution in [1.29, 1.82) is 0 Å². The topological polar surface area (TPSA) is 24.9 Å². The maximum absolute atomic E-state index is 4.59. The molecular weight excluding hydrogens is 240 g/mol. The smallest absolute Gasteiger partial charge is 0.0943 e. The fourth-order valence-corrected chi connectivity index (χ4v) is 3.86. The summed E-state index contributed by atoms with van der Waals surface area (Å²) in [4.78, 5) is 4.59. The van der Waals surface area contributed by atoms with Gasteiger partial charge in [0, 0.05) is 23.5 Å². The van der Waals surface area contributed by atoms with Gasteiger partial charge in [-0.25, -0.2) is 4.98 Å². The Hall–Kier alpha value is -0.410. The Morgan fingerprint density at radius 3 is 2.83 bits per heavy atom. The number of nitrogens with zero attached hydrogens (tertiary/aromatic N) is 1. The van der Waals surface area contributed by atoms with Crippen molar-refractivity contribution < 1.29 is 0 Å². The lowest BCUT2D eigenvalue weighted by Crippen LogP contribution is -2.31. The molecule has 2 rings (SSSR count). The molecule has 102 valence electrons. The maximum Gasteiger partial charge on any atom is 0.0943 e. The van der Waals surface area contributed by atoms with Gasteiger partial charge in [-0.15, -0.1) is 11.3 Å². The van der Waals surface area contributed by atoms with Gasteiger partial charge in [0.1, 0.15) is 0 Å². The van der Waals surface area contributed by atoms with Crippen molar-refractivity contribution in [3.05, 3.63) is 16.1 Å². The Morgan fingerprint density at radius 2 is 2.22 bits per heavy atom. The molecule has 0 radical (unpaired) electrons. The second kappa shape index (κ2) is 7.25. The van der Waals surface area contributed by atoms with Gasteiger partial charge in [0.25, 0.3) is 0 Å². The van der Waals surface area contributed by atoms with E-state index in [4.69, 9.17) is 0 Å². The van der Waals surface area contributed by atoms with Crippen LogP contribution in [0.3, 0.4) is 0 Å². The third-order valence-electron chi connectivity index (χ3n) is 3.98. The molecule has 18 heavy (non-hydrogen) atoms. The fourth-order valence-electron chi connectivity index (χ4n) is 3.01. The molecule has 1 saturated carbocycles. The fraction of sp³-hybridized carbons (Fsp3) is 0.800. The zero-order valence-electron chi connectivity index (χ0n) is 11.7. The Bertz CT molecular complexity index is 342. The van der Waals surface area contributed by atoms with Crippen molar-refractivity contribution in [2.24, 2.45) is 5.92 Å². The van der Waals surface area contributed by atoms with Gasteiger partial charge in [0.2, 0.25) is 0 Å². The maximum atomic E-state index is 4.59. The molecule has 2 nitrogen and oxygen atoms in total. The summed E-state index contributed by atoms with van der Waals surface area (Å²) < 4.78 is 0. The molecule has 1 heterocycles. The summed E-state index contributed by atoms with van der Waals surface area (Å²) in [6, 6.07) is 0.626. The van der Waals surface area contributed by atoms with E-state index in [2.05, 4.69) is 29.5 Å². The molecule has 1 N–H and O–H groups in total. The molecule has 3 heteroatoms. The van der Waals surface area contributed by atoms with Crippen molar-refractivity contribution in [1.82, 2.24) is 10.3 Å². The Balaban J connectivity index is 1.79. The van der Waals surface area contributed by atoms with Crippen LogP contribution >= 0.6 is 11.3 Å². The minimum atomic E-state index is 0.626. The third kappa shape index (κ3) is 4.36. The SMILES string of the molecule is CCNC(CCC1CCCC1)Cc1nc(C)cs1. The predicted octanol–water partition coefficient (Wildman–Crippen LogP) is 3.94. The van der Waals surface area contributed by atoms with Crippen molar-refractivity contribution in [3.63, 3.8) is 0 Å². The zero-order valence-corrected chi connectivity index (χ0v) is 12.6. The standard InChI is InChI=1S/C15H26N2S/c1-3-16-14(9-8-13-6-4-5-7-13)10-15-17-12(2)11-18-15/h11,13-14,16H,3-10H2,1-2H3. The van der Waals surface area contributed by atoms with Gasteiger partial charge in [-0.05, 0) is 32.2 Å². The second-order valence-corrected chi connectivity index (χ2v) is 6.51. The van der Waals surface area contributed by atoms with E-state index in [1.54, 1.807) is 0 Å². The number of hydrogen-bond donors (Lipinski definition) is 1. The average molecular weight is 266 g/mol. The first-order chi connectivity index (χ1) is 8.78. The summed E-state index contributed by atoms with van der Waals surface area (Å²) in [6.45, 7) is 5.36. The summed E-state index contributed by atoms with van der Waals surface area (Å²) in [5, 5.41) is 7.09. The van der Waals surface area contributed by atoms with Crippen LogP contribution in [0.2, 0.25) is 0 Å². The van der Waals surface area contributed by atoms with Crippen LogP contribution in [0.25, 0.3) is 0 Å². The van der Waals surface area contributed by atoms with E-state index in [9.17, 15) is 0 Å². The molecule has 1 fully saturated rings. The number of likely N-dealkylation sites (N-methyl/N-ethyl adjacent to an activating group) is 1. The van der Waals surface area contributed by atoms with Crippen LogP contribution in [0.5, 0.6) is 0 Å². The van der Waals surface area contributed by atoms with Gasteiger partial charge in [-0.1, -0.05) is 32.6 Å². The van der Waals surface area contributed by atoms with Crippen LogP contribution in [-0.4, -0.2) is 17.6 Å². The molecule has 0 aliphatic heterocycles. The molecule has 1 unspecified atom stereocenters.